The normalized spacial score (nSPS) is 10.4. The summed E-state index contributed by atoms with van der Waals surface area (Å²) in [6.45, 7) is 2.66. The van der Waals surface area contributed by atoms with Gasteiger partial charge in [0.25, 0.3) is 5.91 Å². The van der Waals surface area contributed by atoms with Crippen molar-refractivity contribution in [1.29, 1.82) is 0 Å². The molecule has 0 radical (unpaired) electrons. The second-order valence-corrected chi connectivity index (χ2v) is 5.12. The molecule has 0 fully saturated rings. The number of amides is 1. The minimum Gasteiger partial charge on any atom is -0.398 e. The number of benzene rings is 2. The molecule has 21 heavy (non-hydrogen) atoms. The van der Waals surface area contributed by atoms with E-state index in [2.05, 4.69) is 0 Å². The Morgan fingerprint density at radius 2 is 2.05 bits per heavy atom. The minimum atomic E-state index is -0.321. The van der Waals surface area contributed by atoms with E-state index in [-0.39, 0.29) is 11.7 Å². The molecule has 2 aromatic carbocycles. The summed E-state index contributed by atoms with van der Waals surface area (Å²) in [5.41, 5.74) is 7.30. The van der Waals surface area contributed by atoms with Crippen LogP contribution in [-0.4, -0.2) is 17.4 Å². The number of anilines is 1. The van der Waals surface area contributed by atoms with Crippen LogP contribution in [0.4, 0.5) is 10.1 Å². The van der Waals surface area contributed by atoms with Gasteiger partial charge in [0.15, 0.2) is 0 Å². The number of halogens is 2. The molecule has 0 saturated heterocycles. The molecule has 2 rings (SSSR count). The molecule has 0 bridgehead atoms. The Labute approximate surface area is 128 Å². The number of carbonyl (C=O) groups excluding carboxylic acids is 1. The van der Waals surface area contributed by atoms with Gasteiger partial charge in [-0.3, -0.25) is 4.79 Å². The van der Waals surface area contributed by atoms with Crippen LogP contribution < -0.4 is 5.73 Å². The number of carbonyl (C=O) groups is 1. The predicted octanol–water partition coefficient (Wildman–Crippen LogP) is 3.72. The molecule has 0 heterocycles. The van der Waals surface area contributed by atoms with Gasteiger partial charge in [0.1, 0.15) is 5.82 Å². The summed E-state index contributed by atoms with van der Waals surface area (Å²) in [5.74, 6) is -0.542. The highest BCUT2D eigenvalue weighted by molar-refractivity contribution is 6.31. The highest BCUT2D eigenvalue weighted by atomic mass is 35.5. The minimum absolute atomic E-state index is 0.221. The average molecular weight is 307 g/mol. The van der Waals surface area contributed by atoms with Crippen molar-refractivity contribution in [2.24, 2.45) is 0 Å². The maximum atomic E-state index is 13.2. The van der Waals surface area contributed by atoms with Gasteiger partial charge in [0, 0.05) is 23.8 Å². The molecule has 0 aliphatic rings. The number of hydrogen-bond acceptors (Lipinski definition) is 2. The number of hydrogen-bond donors (Lipinski definition) is 1. The van der Waals surface area contributed by atoms with Crippen molar-refractivity contribution in [3.05, 3.63) is 64.4 Å². The van der Waals surface area contributed by atoms with Gasteiger partial charge < -0.3 is 10.6 Å². The van der Waals surface area contributed by atoms with Crippen LogP contribution in [0.1, 0.15) is 22.8 Å². The van der Waals surface area contributed by atoms with E-state index in [9.17, 15) is 9.18 Å². The first-order valence-corrected chi connectivity index (χ1v) is 6.97. The van der Waals surface area contributed by atoms with E-state index in [1.165, 1.54) is 12.1 Å². The molecular weight excluding hydrogens is 291 g/mol. The molecule has 3 nitrogen and oxygen atoms in total. The molecule has 2 N–H and O–H groups in total. The van der Waals surface area contributed by atoms with Gasteiger partial charge in [0.05, 0.1) is 5.56 Å². The summed E-state index contributed by atoms with van der Waals surface area (Å²) in [6, 6.07) is 11.0. The van der Waals surface area contributed by atoms with E-state index in [0.717, 1.165) is 5.56 Å². The lowest BCUT2D eigenvalue weighted by Crippen LogP contribution is -2.30. The van der Waals surface area contributed by atoms with Gasteiger partial charge in [-0.2, -0.15) is 0 Å². The van der Waals surface area contributed by atoms with E-state index < -0.39 is 0 Å². The van der Waals surface area contributed by atoms with E-state index in [4.69, 9.17) is 17.3 Å². The molecule has 0 atom stereocenters. The van der Waals surface area contributed by atoms with Crippen LogP contribution in [0.2, 0.25) is 5.02 Å². The van der Waals surface area contributed by atoms with Crippen LogP contribution in [-0.2, 0) is 6.54 Å². The fraction of sp³-hybridized carbons (Fsp3) is 0.188. The zero-order valence-electron chi connectivity index (χ0n) is 11.6. The van der Waals surface area contributed by atoms with E-state index in [0.29, 0.717) is 29.4 Å². The van der Waals surface area contributed by atoms with Gasteiger partial charge in [-0.15, -0.1) is 0 Å². The average Bonchev–Trinajstić information content (AvgIpc) is 2.46. The van der Waals surface area contributed by atoms with Crippen LogP contribution in [0.25, 0.3) is 0 Å². The van der Waals surface area contributed by atoms with Crippen LogP contribution in [0, 0.1) is 5.82 Å². The third-order valence-corrected chi connectivity index (χ3v) is 3.41. The first-order valence-electron chi connectivity index (χ1n) is 6.60. The van der Waals surface area contributed by atoms with E-state index in [1.807, 2.05) is 6.92 Å². The Kier molecular flexibility index (Phi) is 4.81. The smallest absolute Gasteiger partial charge is 0.256 e. The molecule has 5 heteroatoms. The van der Waals surface area contributed by atoms with Crippen LogP contribution in [0.15, 0.2) is 42.5 Å². The fourth-order valence-corrected chi connectivity index (χ4v) is 2.24. The Morgan fingerprint density at radius 1 is 1.29 bits per heavy atom. The Balaban J connectivity index is 2.24. The number of nitrogens with two attached hydrogens (primary N) is 1. The number of nitrogen functional groups attached to an aromatic ring is 1. The lowest BCUT2D eigenvalue weighted by atomic mass is 10.1. The molecular formula is C16H16ClFN2O. The standard InChI is InChI=1S/C16H16ClFN2O/c1-2-20(10-11-4-3-5-13(18)8-11)16(21)14-9-12(17)6-7-15(14)19/h3-9H,2,10,19H2,1H3. The van der Waals surface area contributed by atoms with Crippen molar-refractivity contribution < 1.29 is 9.18 Å². The molecule has 0 aromatic heterocycles. The van der Waals surface area contributed by atoms with Crippen molar-refractivity contribution in [3.8, 4) is 0 Å². The van der Waals surface area contributed by atoms with Crippen molar-refractivity contribution in [2.45, 2.75) is 13.5 Å². The highest BCUT2D eigenvalue weighted by Crippen LogP contribution is 2.20. The zero-order chi connectivity index (χ0) is 15.4. The number of rotatable bonds is 4. The van der Waals surface area contributed by atoms with Crippen molar-refractivity contribution in [2.75, 3.05) is 12.3 Å². The Hall–Kier alpha value is -2.07. The van der Waals surface area contributed by atoms with Gasteiger partial charge in [-0.1, -0.05) is 23.7 Å². The highest BCUT2D eigenvalue weighted by Gasteiger charge is 2.17. The summed E-state index contributed by atoms with van der Waals surface area (Å²) < 4.78 is 13.2. The maximum Gasteiger partial charge on any atom is 0.256 e. The molecule has 0 aliphatic carbocycles. The third kappa shape index (κ3) is 3.73. The molecule has 0 unspecified atom stereocenters. The lowest BCUT2D eigenvalue weighted by Gasteiger charge is -2.22. The summed E-state index contributed by atoms with van der Waals surface area (Å²) in [6.07, 6.45) is 0. The largest absolute Gasteiger partial charge is 0.398 e. The molecule has 0 spiro atoms. The summed E-state index contributed by atoms with van der Waals surface area (Å²) in [4.78, 5) is 14.1. The third-order valence-electron chi connectivity index (χ3n) is 3.18. The van der Waals surface area contributed by atoms with Crippen molar-refractivity contribution >= 4 is 23.2 Å². The second-order valence-electron chi connectivity index (χ2n) is 4.68. The van der Waals surface area contributed by atoms with Crippen LogP contribution in [0.3, 0.4) is 0 Å². The monoisotopic (exact) mass is 306 g/mol. The van der Waals surface area contributed by atoms with Crippen LogP contribution >= 0.6 is 11.6 Å². The molecule has 0 aliphatic heterocycles. The summed E-state index contributed by atoms with van der Waals surface area (Å²) in [5, 5.41) is 0.453. The topological polar surface area (TPSA) is 46.3 Å². The molecule has 1 amide bonds. The van der Waals surface area contributed by atoms with Crippen LogP contribution in [0.5, 0.6) is 0 Å². The first kappa shape index (κ1) is 15.3. The van der Waals surface area contributed by atoms with Crippen molar-refractivity contribution in [3.63, 3.8) is 0 Å². The summed E-state index contributed by atoms with van der Waals surface area (Å²) >= 11 is 5.91. The SMILES string of the molecule is CCN(Cc1cccc(F)c1)C(=O)c1cc(Cl)ccc1N. The van der Waals surface area contributed by atoms with Gasteiger partial charge in [-0.05, 0) is 42.8 Å². The lowest BCUT2D eigenvalue weighted by molar-refractivity contribution is 0.0753. The number of nitrogens with zero attached hydrogens (tertiary/aromatic N) is 1. The second kappa shape index (κ2) is 6.59. The molecule has 110 valence electrons. The van der Waals surface area contributed by atoms with Crippen molar-refractivity contribution in [1.82, 2.24) is 4.90 Å². The van der Waals surface area contributed by atoms with Gasteiger partial charge in [0.2, 0.25) is 0 Å². The van der Waals surface area contributed by atoms with E-state index >= 15 is 0 Å². The first-order chi connectivity index (χ1) is 10.0. The summed E-state index contributed by atoms with van der Waals surface area (Å²) in [7, 11) is 0. The Morgan fingerprint density at radius 3 is 2.71 bits per heavy atom. The molecule has 2 aromatic rings. The molecule has 0 saturated carbocycles. The van der Waals surface area contributed by atoms with Gasteiger partial charge in [-0.25, -0.2) is 4.39 Å². The zero-order valence-corrected chi connectivity index (χ0v) is 12.4. The fourth-order valence-electron chi connectivity index (χ4n) is 2.07. The quantitative estimate of drug-likeness (QED) is 0.875. The maximum absolute atomic E-state index is 13.2. The van der Waals surface area contributed by atoms with Gasteiger partial charge >= 0.3 is 0 Å². The van der Waals surface area contributed by atoms with E-state index in [1.54, 1.807) is 35.2 Å². The Bertz CT molecular complexity index is 660. The predicted molar refractivity (Wildman–Crippen MR) is 82.7 cm³/mol.